The average Bonchev–Trinajstić information content (AvgIpc) is 3.62. The fourth-order valence-electron chi connectivity index (χ4n) is 8.91. The zero-order valence-electron chi connectivity index (χ0n) is 37.7. The number of anilines is 1. The third kappa shape index (κ3) is 10.5. The summed E-state index contributed by atoms with van der Waals surface area (Å²) in [6, 6.07) is 4.14. The SMILES string of the molecule is COCCN1C2=CC3OC(C(C)(C)C)=CC(/C=C/C=C/C=C4\N(CCCS(=O)(=O)O)c5ccc(S(=O)(=O)O)cc5C4(C)CCCC(=O)ON4C(=O)CCC4=O)=C3C=C2C(C)=CC1(C)C. The van der Waals surface area contributed by atoms with Crippen molar-refractivity contribution in [2.75, 3.05) is 37.5 Å². The zero-order valence-corrected chi connectivity index (χ0v) is 39.3. The van der Waals surface area contributed by atoms with Crippen molar-refractivity contribution in [3.8, 4) is 0 Å². The average molecular weight is 922 g/mol. The molecule has 2 unspecified atom stereocenters. The van der Waals surface area contributed by atoms with E-state index in [-0.39, 0.29) is 67.0 Å². The summed E-state index contributed by atoms with van der Waals surface area (Å²) in [5.74, 6) is -1.70. The van der Waals surface area contributed by atoms with Gasteiger partial charge in [-0.15, -0.1) is 5.06 Å². The molecule has 17 heteroatoms. The van der Waals surface area contributed by atoms with Crippen molar-refractivity contribution in [2.24, 2.45) is 5.41 Å². The van der Waals surface area contributed by atoms with Gasteiger partial charge >= 0.3 is 5.97 Å². The minimum atomic E-state index is -4.64. The van der Waals surface area contributed by atoms with Crippen molar-refractivity contribution in [1.82, 2.24) is 9.96 Å². The van der Waals surface area contributed by atoms with Crippen LogP contribution >= 0.6 is 0 Å². The molecule has 1 fully saturated rings. The van der Waals surface area contributed by atoms with E-state index < -0.39 is 49.2 Å². The lowest BCUT2D eigenvalue weighted by Crippen LogP contribution is -2.47. The lowest BCUT2D eigenvalue weighted by molar-refractivity contribution is -0.197. The molecule has 1 saturated heterocycles. The number of fused-ring (bicyclic) bond motifs is 3. The van der Waals surface area contributed by atoms with Crippen LogP contribution < -0.4 is 4.90 Å². The van der Waals surface area contributed by atoms with Crippen molar-refractivity contribution in [3.05, 3.63) is 118 Å². The largest absolute Gasteiger partial charge is 0.485 e. The van der Waals surface area contributed by atoms with Gasteiger partial charge in [-0.25, -0.2) is 4.79 Å². The van der Waals surface area contributed by atoms with Gasteiger partial charge in [0.25, 0.3) is 32.1 Å². The molecule has 5 aliphatic rings. The Morgan fingerprint density at radius 3 is 2.33 bits per heavy atom. The van der Waals surface area contributed by atoms with Crippen LogP contribution in [0, 0.1) is 5.41 Å². The van der Waals surface area contributed by atoms with Crippen molar-refractivity contribution in [2.45, 2.75) is 109 Å². The number of carbonyl (C=O) groups excluding carboxylic acids is 3. The third-order valence-electron chi connectivity index (χ3n) is 12.1. The summed E-state index contributed by atoms with van der Waals surface area (Å²) in [4.78, 5) is 45.9. The molecule has 2 atom stereocenters. The van der Waals surface area contributed by atoms with Crippen LogP contribution in [0.25, 0.3) is 0 Å². The summed E-state index contributed by atoms with van der Waals surface area (Å²) < 4.78 is 80.1. The van der Waals surface area contributed by atoms with Gasteiger partial charge in [0.1, 0.15) is 11.9 Å². The zero-order chi connectivity index (χ0) is 47.0. The first kappa shape index (κ1) is 48.4. The van der Waals surface area contributed by atoms with Crippen molar-refractivity contribution >= 4 is 43.7 Å². The summed E-state index contributed by atoms with van der Waals surface area (Å²) in [5.41, 5.74) is 5.47. The number of ether oxygens (including phenoxy) is 2. The number of imide groups is 1. The van der Waals surface area contributed by atoms with Crippen LogP contribution in [0.2, 0.25) is 0 Å². The van der Waals surface area contributed by atoms with E-state index in [4.69, 9.17) is 14.3 Å². The monoisotopic (exact) mass is 921 g/mol. The van der Waals surface area contributed by atoms with Crippen LogP contribution in [-0.4, -0.2) is 97.9 Å². The Labute approximate surface area is 376 Å². The molecule has 4 heterocycles. The number of amides is 2. The van der Waals surface area contributed by atoms with Gasteiger partial charge in [-0.05, 0) is 106 Å². The molecule has 0 radical (unpaired) electrons. The maximum absolute atomic E-state index is 12.8. The number of rotatable bonds is 16. The predicted octanol–water partition coefficient (Wildman–Crippen LogP) is 7.20. The molecule has 15 nitrogen and oxygen atoms in total. The minimum absolute atomic E-state index is 0.0180. The van der Waals surface area contributed by atoms with Crippen LogP contribution in [0.4, 0.5) is 5.69 Å². The quantitative estimate of drug-likeness (QED) is 0.0959. The molecule has 0 saturated carbocycles. The molecule has 0 spiro atoms. The van der Waals surface area contributed by atoms with E-state index in [2.05, 4.69) is 70.7 Å². The molecule has 0 bridgehead atoms. The molecule has 1 aliphatic carbocycles. The second-order valence-corrected chi connectivity index (χ2v) is 21.4. The second kappa shape index (κ2) is 18.4. The highest BCUT2D eigenvalue weighted by atomic mass is 32.2. The molecule has 2 N–H and O–H groups in total. The van der Waals surface area contributed by atoms with E-state index in [1.807, 2.05) is 42.2 Å². The lowest BCUT2D eigenvalue weighted by atomic mass is 9.77. The van der Waals surface area contributed by atoms with Gasteiger partial charge in [-0.1, -0.05) is 51.2 Å². The maximum atomic E-state index is 12.8. The Morgan fingerprint density at radius 1 is 0.984 bits per heavy atom. The van der Waals surface area contributed by atoms with Gasteiger partial charge in [0, 0.05) is 78.5 Å². The first-order valence-corrected chi connectivity index (χ1v) is 24.4. The number of nitrogens with zero attached hydrogens (tertiary/aromatic N) is 3. The Bertz CT molecular complexity index is 2550. The fraction of sp³-hybridized carbons (Fsp3) is 0.468. The molecule has 1 aromatic rings. The number of hydrogen-bond acceptors (Lipinski definition) is 12. The number of benzene rings is 1. The number of carbonyl (C=O) groups is 3. The van der Waals surface area contributed by atoms with Crippen LogP contribution in [-0.2, 0) is 54.3 Å². The van der Waals surface area contributed by atoms with Gasteiger partial charge in [0.15, 0.2) is 0 Å². The Morgan fingerprint density at radius 2 is 1.69 bits per heavy atom. The number of hydrogen-bond donors (Lipinski definition) is 2. The van der Waals surface area contributed by atoms with Gasteiger partial charge in [0.2, 0.25) is 0 Å². The van der Waals surface area contributed by atoms with Gasteiger partial charge in [-0.2, -0.15) is 16.8 Å². The highest BCUT2D eigenvalue weighted by molar-refractivity contribution is 7.86. The van der Waals surface area contributed by atoms with Crippen LogP contribution in [0.3, 0.4) is 0 Å². The molecule has 6 rings (SSSR count). The molecular formula is C47H59N3O12S2. The van der Waals surface area contributed by atoms with Gasteiger partial charge in [-0.3, -0.25) is 18.7 Å². The highest BCUT2D eigenvalue weighted by Crippen LogP contribution is 2.52. The molecule has 0 aromatic heterocycles. The van der Waals surface area contributed by atoms with Crippen molar-refractivity contribution < 1.29 is 54.6 Å². The van der Waals surface area contributed by atoms with Crippen molar-refractivity contribution in [3.63, 3.8) is 0 Å². The summed E-state index contributed by atoms with van der Waals surface area (Å²) in [6.07, 6.45) is 17.9. The molecule has 64 heavy (non-hydrogen) atoms. The molecule has 2 amide bonds. The third-order valence-corrected chi connectivity index (χ3v) is 13.8. The van der Waals surface area contributed by atoms with E-state index in [9.17, 15) is 40.3 Å². The van der Waals surface area contributed by atoms with Gasteiger partial charge < -0.3 is 24.1 Å². The van der Waals surface area contributed by atoms with Crippen LogP contribution in [0.15, 0.2) is 117 Å². The summed E-state index contributed by atoms with van der Waals surface area (Å²) >= 11 is 0. The standard InChI is InChI=1S/C47H59N3O12S2/c1-31-30-46(5,6)49(23-24-60-8)38-29-39-35(28-34(31)38)32(26-41(61-39)45(2,3)4)14-10-9-11-15-40-47(7,21-12-16-44(53)62-50-42(51)19-20-43(50)52)36-27-33(64(57,58)59)17-18-37(36)48(40)22-13-25-63(54,55)56/h9-11,14-15,17-18,26-30,39H,12-13,16,19-25H2,1-8H3,(H,54,55,56)(H,57,58,59)/b11-9+,14-10+,40-15-. The fourth-order valence-corrected chi connectivity index (χ4v) is 9.91. The normalized spacial score (nSPS) is 23.0. The first-order chi connectivity index (χ1) is 29.8. The molecule has 1 aromatic carbocycles. The number of hydroxylamine groups is 2. The predicted molar refractivity (Wildman–Crippen MR) is 241 cm³/mol. The first-order valence-electron chi connectivity index (χ1n) is 21.3. The van der Waals surface area contributed by atoms with E-state index in [1.165, 1.54) is 18.2 Å². The topological polar surface area (TPSA) is 197 Å². The number of allylic oxidation sites excluding steroid dienone is 10. The summed E-state index contributed by atoms with van der Waals surface area (Å²) in [6.45, 7) is 16.0. The maximum Gasteiger partial charge on any atom is 0.333 e. The molecular weight excluding hydrogens is 863 g/mol. The Balaban J connectivity index is 1.36. The molecule has 346 valence electrons. The molecule has 4 aliphatic heterocycles. The number of methoxy groups -OCH3 is 1. The smallest absolute Gasteiger partial charge is 0.333 e. The summed E-state index contributed by atoms with van der Waals surface area (Å²) in [5, 5.41) is 0.483. The van der Waals surface area contributed by atoms with Crippen LogP contribution in [0.5, 0.6) is 0 Å². The minimum Gasteiger partial charge on any atom is -0.485 e. The van der Waals surface area contributed by atoms with E-state index in [0.29, 0.717) is 35.2 Å². The van der Waals surface area contributed by atoms with E-state index in [0.717, 1.165) is 33.7 Å². The Hall–Kier alpha value is -5.07. The Kier molecular flexibility index (Phi) is 13.9. The van der Waals surface area contributed by atoms with Crippen molar-refractivity contribution in [1.29, 1.82) is 0 Å². The highest BCUT2D eigenvalue weighted by Gasteiger charge is 2.44. The van der Waals surface area contributed by atoms with E-state index >= 15 is 0 Å². The summed E-state index contributed by atoms with van der Waals surface area (Å²) in [7, 11) is -7.24. The second-order valence-electron chi connectivity index (χ2n) is 18.4. The van der Waals surface area contributed by atoms with Gasteiger partial charge in [0.05, 0.1) is 22.8 Å². The lowest BCUT2D eigenvalue weighted by Gasteiger charge is -2.47. The van der Waals surface area contributed by atoms with Crippen LogP contribution in [0.1, 0.15) is 92.6 Å². The van der Waals surface area contributed by atoms with E-state index in [1.54, 1.807) is 7.11 Å².